The van der Waals surface area contributed by atoms with Gasteiger partial charge in [-0.2, -0.15) is 0 Å². The number of nitrogens with one attached hydrogen (secondary N) is 1. The SMILES string of the molecule is C[C@@H]1CCCCO[C@@H](CN(C)S(C)(=O)=O)[C@@H](C)CN([C@H](C)CO)C(=O)c2cc(NS(=O)(=O)c3ccccc3)ccc2O1. The third kappa shape index (κ3) is 9.14. The lowest BCUT2D eigenvalue weighted by Gasteiger charge is -2.35. The number of fused-ring (bicyclic) bond motifs is 1. The van der Waals surface area contributed by atoms with Gasteiger partial charge in [0.05, 0.1) is 41.6 Å². The summed E-state index contributed by atoms with van der Waals surface area (Å²) in [6.45, 7) is 5.84. The maximum atomic E-state index is 14.1. The van der Waals surface area contributed by atoms with Crippen LogP contribution in [-0.2, 0) is 24.8 Å². The van der Waals surface area contributed by atoms with E-state index in [-0.39, 0.29) is 47.9 Å². The number of likely N-dealkylation sites (N-methyl/N-ethyl adjacent to an activating group) is 1. The number of hydrogen-bond donors (Lipinski definition) is 2. The van der Waals surface area contributed by atoms with Crippen LogP contribution in [0.5, 0.6) is 5.75 Å². The molecule has 2 aromatic carbocycles. The number of carbonyl (C=O) groups excluding carboxylic acids is 1. The molecule has 0 fully saturated rings. The van der Waals surface area contributed by atoms with Gasteiger partial charge >= 0.3 is 0 Å². The summed E-state index contributed by atoms with van der Waals surface area (Å²) < 4.78 is 66.4. The van der Waals surface area contributed by atoms with Gasteiger partial charge < -0.3 is 19.5 Å². The van der Waals surface area contributed by atoms with Crippen molar-refractivity contribution < 1.29 is 36.2 Å². The monoisotopic (exact) mass is 625 g/mol. The van der Waals surface area contributed by atoms with E-state index in [2.05, 4.69) is 4.72 Å². The van der Waals surface area contributed by atoms with Gasteiger partial charge in [0.1, 0.15) is 5.75 Å². The maximum Gasteiger partial charge on any atom is 0.261 e. The normalized spacial score (nSPS) is 22.1. The number of hydrogen-bond acceptors (Lipinski definition) is 8. The molecule has 0 bridgehead atoms. The largest absolute Gasteiger partial charge is 0.490 e. The summed E-state index contributed by atoms with van der Waals surface area (Å²) in [5.74, 6) is -0.462. The molecule has 3 rings (SSSR count). The van der Waals surface area contributed by atoms with Gasteiger partial charge in [-0.1, -0.05) is 25.1 Å². The molecule has 0 aromatic heterocycles. The number of anilines is 1. The van der Waals surface area contributed by atoms with E-state index in [4.69, 9.17) is 9.47 Å². The van der Waals surface area contributed by atoms with Crippen LogP contribution in [0.3, 0.4) is 0 Å². The van der Waals surface area contributed by atoms with Crippen LogP contribution >= 0.6 is 0 Å². The van der Waals surface area contributed by atoms with Crippen molar-refractivity contribution in [3.05, 3.63) is 54.1 Å². The number of benzene rings is 2. The van der Waals surface area contributed by atoms with Gasteiger partial charge in [-0.3, -0.25) is 9.52 Å². The number of rotatable bonds is 8. The summed E-state index contributed by atoms with van der Waals surface area (Å²) >= 11 is 0. The highest BCUT2D eigenvalue weighted by Gasteiger charge is 2.31. The Labute approximate surface area is 249 Å². The fourth-order valence-electron chi connectivity index (χ4n) is 4.65. The molecule has 0 saturated heterocycles. The highest BCUT2D eigenvalue weighted by molar-refractivity contribution is 7.92. The summed E-state index contributed by atoms with van der Waals surface area (Å²) in [5, 5.41) is 10.1. The maximum absolute atomic E-state index is 14.1. The highest BCUT2D eigenvalue weighted by atomic mass is 32.2. The van der Waals surface area contributed by atoms with E-state index in [9.17, 15) is 26.7 Å². The average Bonchev–Trinajstić information content (AvgIpc) is 2.94. The van der Waals surface area contributed by atoms with Crippen molar-refractivity contribution in [3.63, 3.8) is 0 Å². The van der Waals surface area contributed by atoms with Crippen molar-refractivity contribution in [2.45, 2.75) is 63.2 Å². The Kier molecular flexibility index (Phi) is 11.8. The van der Waals surface area contributed by atoms with Gasteiger partial charge in [0.15, 0.2) is 0 Å². The molecule has 0 saturated carbocycles. The van der Waals surface area contributed by atoms with Gasteiger partial charge in [0, 0.05) is 38.3 Å². The van der Waals surface area contributed by atoms with Crippen LogP contribution in [-0.4, -0.2) is 94.9 Å². The third-order valence-corrected chi connectivity index (χ3v) is 10.0. The molecule has 0 unspecified atom stereocenters. The van der Waals surface area contributed by atoms with Crippen LogP contribution in [0.15, 0.2) is 53.4 Å². The minimum atomic E-state index is -3.92. The van der Waals surface area contributed by atoms with Gasteiger partial charge in [-0.25, -0.2) is 21.1 Å². The van der Waals surface area contributed by atoms with Crippen LogP contribution in [0.4, 0.5) is 5.69 Å². The van der Waals surface area contributed by atoms with Gasteiger partial charge in [-0.15, -0.1) is 0 Å². The topological polar surface area (TPSA) is 143 Å². The second-order valence-electron chi connectivity index (χ2n) is 11.0. The molecular weight excluding hydrogens is 582 g/mol. The minimum Gasteiger partial charge on any atom is -0.490 e. The van der Waals surface area contributed by atoms with Crippen molar-refractivity contribution in [2.75, 3.05) is 44.3 Å². The first-order chi connectivity index (χ1) is 19.7. The molecule has 2 aromatic rings. The number of sulfonamides is 2. The first kappa shape index (κ1) is 33.8. The predicted molar refractivity (Wildman–Crippen MR) is 162 cm³/mol. The zero-order valence-corrected chi connectivity index (χ0v) is 26.5. The molecule has 1 aliphatic rings. The minimum absolute atomic E-state index is 0.0794. The summed E-state index contributed by atoms with van der Waals surface area (Å²) in [5.41, 5.74) is 0.328. The Hall–Kier alpha value is -2.71. The standard InChI is InChI=1S/C29H43N3O8S2/c1-21-18-32(22(2)20-33)29(34)26-17-24(30-42(37,38)25-12-7-6-8-13-25)14-15-27(26)40-23(3)11-9-10-16-39-28(21)19-31(4)41(5,35)36/h6-8,12-15,17,21-23,28,30,33H,9-11,16,18-20H2,1-5H3/t21-,22+,23+,28-/m0/s1. The van der Waals surface area contributed by atoms with Gasteiger partial charge in [0.2, 0.25) is 10.0 Å². The Morgan fingerprint density at radius 1 is 1.10 bits per heavy atom. The first-order valence-corrected chi connectivity index (χ1v) is 17.4. The molecule has 234 valence electrons. The van der Waals surface area contributed by atoms with Crippen molar-refractivity contribution in [2.24, 2.45) is 5.92 Å². The number of aliphatic hydroxyl groups is 1. The summed E-state index contributed by atoms with van der Waals surface area (Å²) in [4.78, 5) is 15.7. The van der Waals surface area contributed by atoms with Crippen LogP contribution in [0.2, 0.25) is 0 Å². The molecule has 13 heteroatoms. The van der Waals surface area contributed by atoms with Crippen LogP contribution in [0, 0.1) is 5.92 Å². The van der Waals surface area contributed by atoms with E-state index in [0.29, 0.717) is 18.8 Å². The number of amides is 1. The van der Waals surface area contributed by atoms with Gasteiger partial charge in [0.25, 0.3) is 15.9 Å². The molecular formula is C29H43N3O8S2. The third-order valence-electron chi connectivity index (χ3n) is 7.36. The Morgan fingerprint density at radius 2 is 1.79 bits per heavy atom. The number of carbonyl (C=O) groups is 1. The first-order valence-electron chi connectivity index (χ1n) is 14.1. The zero-order valence-electron chi connectivity index (χ0n) is 24.9. The average molecular weight is 626 g/mol. The zero-order chi connectivity index (χ0) is 31.1. The lowest BCUT2D eigenvalue weighted by atomic mass is 10.0. The van der Waals surface area contributed by atoms with E-state index < -0.39 is 38.1 Å². The summed E-state index contributed by atoms with van der Waals surface area (Å²) in [6.07, 6.45) is 2.58. The van der Waals surface area contributed by atoms with E-state index >= 15 is 0 Å². The molecule has 2 N–H and O–H groups in total. The van der Waals surface area contributed by atoms with Crippen LogP contribution in [0.25, 0.3) is 0 Å². The molecule has 0 radical (unpaired) electrons. The molecule has 1 amide bonds. The van der Waals surface area contributed by atoms with E-state index in [1.165, 1.54) is 34.5 Å². The summed E-state index contributed by atoms with van der Waals surface area (Å²) in [6, 6.07) is 11.9. The Bertz CT molecular complexity index is 1400. The Morgan fingerprint density at radius 3 is 2.43 bits per heavy atom. The Balaban J connectivity index is 2.02. The van der Waals surface area contributed by atoms with Crippen molar-refractivity contribution in [1.29, 1.82) is 0 Å². The molecule has 1 aliphatic heterocycles. The molecule has 1 heterocycles. The van der Waals surface area contributed by atoms with Crippen molar-refractivity contribution >= 4 is 31.6 Å². The number of aliphatic hydroxyl groups excluding tert-OH is 1. The smallest absolute Gasteiger partial charge is 0.261 e. The second-order valence-corrected chi connectivity index (χ2v) is 14.7. The molecule has 4 atom stereocenters. The molecule has 0 spiro atoms. The molecule has 0 aliphatic carbocycles. The number of nitrogens with zero attached hydrogens (tertiary/aromatic N) is 2. The van der Waals surface area contributed by atoms with Crippen LogP contribution in [0.1, 0.15) is 50.4 Å². The molecule has 42 heavy (non-hydrogen) atoms. The van der Waals surface area contributed by atoms with Crippen molar-refractivity contribution in [3.8, 4) is 5.75 Å². The quantitative estimate of drug-likeness (QED) is 0.456. The van der Waals surface area contributed by atoms with Crippen molar-refractivity contribution in [1.82, 2.24) is 9.21 Å². The van der Waals surface area contributed by atoms with E-state index in [0.717, 1.165) is 19.1 Å². The van der Waals surface area contributed by atoms with E-state index in [1.807, 2.05) is 13.8 Å². The lowest BCUT2D eigenvalue weighted by Crippen LogP contribution is -2.47. The number of ether oxygens (including phenoxy) is 2. The fourth-order valence-corrected chi connectivity index (χ4v) is 6.14. The predicted octanol–water partition coefficient (Wildman–Crippen LogP) is 3.17. The summed E-state index contributed by atoms with van der Waals surface area (Å²) in [7, 11) is -5.89. The molecule has 11 nitrogen and oxygen atoms in total. The van der Waals surface area contributed by atoms with Crippen LogP contribution < -0.4 is 9.46 Å². The van der Waals surface area contributed by atoms with E-state index in [1.54, 1.807) is 37.3 Å². The fraction of sp³-hybridized carbons (Fsp3) is 0.552. The second kappa shape index (κ2) is 14.6. The van der Waals surface area contributed by atoms with Gasteiger partial charge in [-0.05, 0) is 63.4 Å². The lowest BCUT2D eigenvalue weighted by molar-refractivity contribution is -0.00828. The highest BCUT2D eigenvalue weighted by Crippen LogP contribution is 2.29.